The highest BCUT2D eigenvalue weighted by Crippen LogP contribution is 2.51. The van der Waals surface area contributed by atoms with Crippen LogP contribution in [0.1, 0.15) is 71.6 Å². The fourth-order valence-corrected chi connectivity index (χ4v) is 4.71. The Bertz CT molecular complexity index is 848. The van der Waals surface area contributed by atoms with Crippen LogP contribution in [0.3, 0.4) is 0 Å². The first kappa shape index (κ1) is 17.1. The molecule has 0 spiro atoms. The third-order valence-electron chi connectivity index (χ3n) is 6.06. The summed E-state index contributed by atoms with van der Waals surface area (Å²) >= 11 is 0. The van der Waals surface area contributed by atoms with Crippen LogP contribution in [0.2, 0.25) is 0 Å². The minimum Gasteiger partial charge on any atom is -0.478 e. The van der Waals surface area contributed by atoms with Crippen molar-refractivity contribution < 1.29 is 14.3 Å². The lowest BCUT2D eigenvalue weighted by molar-refractivity contribution is 0.0696. The first-order valence-electron chi connectivity index (χ1n) is 9.50. The molecule has 0 bridgehead atoms. The number of carbonyl (C=O) groups is 1. The predicted octanol–water partition coefficient (Wildman–Crippen LogP) is 5.53. The van der Waals surface area contributed by atoms with E-state index in [0.29, 0.717) is 17.4 Å². The van der Waals surface area contributed by atoms with Gasteiger partial charge in [0.2, 0.25) is 0 Å². The second-order valence-electron chi connectivity index (χ2n) is 7.49. The predicted molar refractivity (Wildman–Crippen MR) is 100 cm³/mol. The van der Waals surface area contributed by atoms with Gasteiger partial charge in [-0.05, 0) is 60.4 Å². The van der Waals surface area contributed by atoms with Gasteiger partial charge in [-0.25, -0.2) is 9.18 Å². The van der Waals surface area contributed by atoms with Crippen molar-refractivity contribution in [1.82, 2.24) is 0 Å². The van der Waals surface area contributed by atoms with E-state index in [-0.39, 0.29) is 11.6 Å². The molecule has 2 N–H and O–H groups in total. The number of hydrogen-bond donors (Lipinski definition) is 2. The number of carboxylic acids is 1. The van der Waals surface area contributed by atoms with Gasteiger partial charge >= 0.3 is 5.97 Å². The SMILES string of the molecule is CCc1ccc2c(c1)[C@@H]1CCCC[C@@H]1[C@H](c1ccc(C(=O)O)cc1F)N2. The van der Waals surface area contributed by atoms with Crippen LogP contribution in [-0.2, 0) is 6.42 Å². The number of carboxylic acid groups (broad SMARTS) is 1. The molecular weight excluding hydrogens is 329 g/mol. The molecule has 2 aliphatic rings. The van der Waals surface area contributed by atoms with Crippen molar-refractivity contribution in [3.05, 3.63) is 64.5 Å². The van der Waals surface area contributed by atoms with Gasteiger partial charge in [0.25, 0.3) is 0 Å². The van der Waals surface area contributed by atoms with Crippen molar-refractivity contribution in [1.29, 1.82) is 0 Å². The summed E-state index contributed by atoms with van der Waals surface area (Å²) in [6.07, 6.45) is 5.59. The molecule has 1 heterocycles. The molecule has 0 unspecified atom stereocenters. The maximum atomic E-state index is 14.7. The Morgan fingerprint density at radius 2 is 1.96 bits per heavy atom. The third kappa shape index (κ3) is 2.87. The molecule has 4 rings (SSSR count). The maximum Gasteiger partial charge on any atom is 0.335 e. The minimum atomic E-state index is -1.10. The van der Waals surface area contributed by atoms with Crippen molar-refractivity contribution in [2.24, 2.45) is 5.92 Å². The molecule has 1 aliphatic carbocycles. The second-order valence-corrected chi connectivity index (χ2v) is 7.49. The van der Waals surface area contributed by atoms with Crippen LogP contribution in [0, 0.1) is 11.7 Å². The molecule has 0 saturated heterocycles. The quantitative estimate of drug-likeness (QED) is 0.763. The van der Waals surface area contributed by atoms with E-state index >= 15 is 0 Å². The largest absolute Gasteiger partial charge is 0.478 e. The number of fused-ring (bicyclic) bond motifs is 3. The maximum absolute atomic E-state index is 14.7. The Morgan fingerprint density at radius 3 is 2.69 bits per heavy atom. The topological polar surface area (TPSA) is 49.3 Å². The molecule has 136 valence electrons. The minimum absolute atomic E-state index is 0.00441. The van der Waals surface area contributed by atoms with E-state index in [9.17, 15) is 9.18 Å². The highest BCUT2D eigenvalue weighted by Gasteiger charge is 2.39. The molecule has 2 aromatic carbocycles. The van der Waals surface area contributed by atoms with Crippen molar-refractivity contribution in [3.8, 4) is 0 Å². The van der Waals surface area contributed by atoms with Gasteiger partial charge < -0.3 is 10.4 Å². The number of aromatic carboxylic acids is 1. The molecule has 2 aromatic rings. The van der Waals surface area contributed by atoms with E-state index in [4.69, 9.17) is 5.11 Å². The lowest BCUT2D eigenvalue weighted by atomic mass is 9.67. The number of aryl methyl sites for hydroxylation is 1. The summed E-state index contributed by atoms with van der Waals surface area (Å²) in [5.41, 5.74) is 4.38. The van der Waals surface area contributed by atoms with Crippen LogP contribution >= 0.6 is 0 Å². The van der Waals surface area contributed by atoms with E-state index in [1.165, 1.54) is 23.6 Å². The van der Waals surface area contributed by atoms with Gasteiger partial charge in [0.15, 0.2) is 0 Å². The zero-order valence-corrected chi connectivity index (χ0v) is 15.0. The summed E-state index contributed by atoms with van der Waals surface area (Å²) in [5, 5.41) is 12.7. The Kier molecular flexibility index (Phi) is 4.43. The second kappa shape index (κ2) is 6.75. The van der Waals surface area contributed by atoms with Gasteiger partial charge in [-0.2, -0.15) is 0 Å². The number of hydrogen-bond acceptors (Lipinski definition) is 2. The molecule has 1 aliphatic heterocycles. The van der Waals surface area contributed by atoms with Gasteiger partial charge in [0, 0.05) is 11.3 Å². The van der Waals surface area contributed by atoms with Crippen molar-refractivity contribution >= 4 is 11.7 Å². The van der Waals surface area contributed by atoms with Crippen LogP contribution in [-0.4, -0.2) is 11.1 Å². The third-order valence-corrected chi connectivity index (χ3v) is 6.06. The first-order valence-corrected chi connectivity index (χ1v) is 9.50. The van der Waals surface area contributed by atoms with Gasteiger partial charge in [0.05, 0.1) is 11.6 Å². The lowest BCUT2D eigenvalue weighted by Gasteiger charge is -2.44. The lowest BCUT2D eigenvalue weighted by Crippen LogP contribution is -2.34. The van der Waals surface area contributed by atoms with Gasteiger partial charge in [-0.3, -0.25) is 0 Å². The van der Waals surface area contributed by atoms with E-state index in [2.05, 4.69) is 30.4 Å². The highest BCUT2D eigenvalue weighted by molar-refractivity contribution is 5.87. The van der Waals surface area contributed by atoms with Gasteiger partial charge in [-0.15, -0.1) is 0 Å². The summed E-state index contributed by atoms with van der Waals surface area (Å²) in [5.74, 6) is -0.746. The fraction of sp³-hybridized carbons (Fsp3) is 0.409. The number of halogens is 1. The Balaban J connectivity index is 1.76. The summed E-state index contributed by atoms with van der Waals surface area (Å²) in [6.45, 7) is 2.17. The number of benzene rings is 2. The normalized spacial score (nSPS) is 24.3. The molecule has 0 radical (unpaired) electrons. The summed E-state index contributed by atoms with van der Waals surface area (Å²) in [6, 6.07) is 10.8. The number of nitrogens with one attached hydrogen (secondary N) is 1. The van der Waals surface area contributed by atoms with Crippen LogP contribution < -0.4 is 5.32 Å². The molecule has 4 heteroatoms. The number of rotatable bonds is 3. The number of anilines is 1. The standard InChI is InChI=1S/C22H24FNO2/c1-2-13-7-10-20-18(11-13)15-5-3-4-6-16(15)21(24-20)17-9-8-14(22(25)26)12-19(17)23/h7-12,15-16,21,24H,2-6H2,1H3,(H,25,26)/t15-,16+,21-/m1/s1. The monoisotopic (exact) mass is 353 g/mol. The molecule has 1 saturated carbocycles. The zero-order valence-electron chi connectivity index (χ0n) is 15.0. The van der Waals surface area contributed by atoms with Crippen LogP contribution in [0.5, 0.6) is 0 Å². The van der Waals surface area contributed by atoms with Gasteiger partial charge in [0.1, 0.15) is 5.82 Å². The van der Waals surface area contributed by atoms with E-state index in [1.807, 2.05) is 0 Å². The summed E-state index contributed by atoms with van der Waals surface area (Å²) in [7, 11) is 0. The van der Waals surface area contributed by atoms with Crippen molar-refractivity contribution in [2.75, 3.05) is 5.32 Å². The molecule has 3 atom stereocenters. The van der Waals surface area contributed by atoms with Crippen LogP contribution in [0.4, 0.5) is 10.1 Å². The highest BCUT2D eigenvalue weighted by atomic mass is 19.1. The van der Waals surface area contributed by atoms with Crippen LogP contribution in [0.15, 0.2) is 36.4 Å². The molecule has 26 heavy (non-hydrogen) atoms. The fourth-order valence-electron chi connectivity index (χ4n) is 4.71. The Hall–Kier alpha value is -2.36. The van der Waals surface area contributed by atoms with Gasteiger partial charge in [-0.1, -0.05) is 38.0 Å². The molecule has 0 aromatic heterocycles. The zero-order chi connectivity index (χ0) is 18.3. The Morgan fingerprint density at radius 1 is 1.15 bits per heavy atom. The molecular formula is C22H24FNO2. The average molecular weight is 353 g/mol. The van der Waals surface area contributed by atoms with Crippen LogP contribution in [0.25, 0.3) is 0 Å². The van der Waals surface area contributed by atoms with Crippen molar-refractivity contribution in [3.63, 3.8) is 0 Å². The smallest absolute Gasteiger partial charge is 0.335 e. The van der Waals surface area contributed by atoms with E-state index in [1.54, 1.807) is 6.07 Å². The van der Waals surface area contributed by atoms with E-state index < -0.39 is 11.8 Å². The first-order chi connectivity index (χ1) is 12.6. The summed E-state index contributed by atoms with van der Waals surface area (Å²) in [4.78, 5) is 11.1. The molecule has 3 nitrogen and oxygen atoms in total. The molecule has 0 amide bonds. The van der Waals surface area contributed by atoms with Crippen molar-refractivity contribution in [2.45, 2.75) is 51.0 Å². The van der Waals surface area contributed by atoms with E-state index in [0.717, 1.165) is 37.4 Å². The summed E-state index contributed by atoms with van der Waals surface area (Å²) < 4.78 is 14.7. The average Bonchev–Trinajstić information content (AvgIpc) is 2.67. The Labute approximate surface area is 153 Å². The molecule has 1 fully saturated rings.